The number of hydrogen-bond donors (Lipinski definition) is 2. The van der Waals surface area contributed by atoms with Crippen LogP contribution in [0.5, 0.6) is 0 Å². The summed E-state index contributed by atoms with van der Waals surface area (Å²) < 4.78 is 1.90. The Hall–Kier alpha value is -4.75. The second kappa shape index (κ2) is 11.3. The summed E-state index contributed by atoms with van der Waals surface area (Å²) in [6.07, 6.45) is 8.02. The Kier molecular flexibility index (Phi) is 7.34. The van der Waals surface area contributed by atoms with Gasteiger partial charge in [-0.2, -0.15) is 0 Å². The standard InChI is InChI=1S/C30H29N7/c31-29(26-9-6-17-33-19-26)21-36(32)20-24-14-12-23(13-15-24)16-18-37-22-30(34-35-37)28-11-5-4-10-27(28)25-7-2-1-3-8-25/h1-15,17,19,21-22H,16,18,20,31-32H2/b29-21-. The molecule has 2 aromatic heterocycles. The van der Waals surface area contributed by atoms with Crippen molar-refractivity contribution in [1.82, 2.24) is 25.0 Å². The fourth-order valence-corrected chi connectivity index (χ4v) is 4.21. The number of nitrogens with two attached hydrogens (primary N) is 2. The lowest BCUT2D eigenvalue weighted by atomic mass is 9.98. The van der Waals surface area contributed by atoms with Gasteiger partial charge in [0.25, 0.3) is 0 Å². The average Bonchev–Trinajstić information content (AvgIpc) is 3.42. The highest BCUT2D eigenvalue weighted by molar-refractivity contribution is 5.81. The maximum absolute atomic E-state index is 6.15. The molecule has 0 saturated heterocycles. The van der Waals surface area contributed by atoms with E-state index < -0.39 is 0 Å². The van der Waals surface area contributed by atoms with E-state index in [0.29, 0.717) is 12.2 Å². The number of aromatic nitrogens is 4. The number of rotatable bonds is 9. The third kappa shape index (κ3) is 6.09. The lowest BCUT2D eigenvalue weighted by molar-refractivity contribution is 0.388. The lowest BCUT2D eigenvalue weighted by Crippen LogP contribution is -2.25. The van der Waals surface area contributed by atoms with Gasteiger partial charge in [-0.1, -0.05) is 84.1 Å². The van der Waals surface area contributed by atoms with E-state index in [1.165, 1.54) is 11.1 Å². The molecule has 184 valence electrons. The normalized spacial score (nSPS) is 11.4. The Bertz CT molecular complexity index is 1460. The first-order valence-electron chi connectivity index (χ1n) is 12.2. The van der Waals surface area contributed by atoms with E-state index in [1.54, 1.807) is 23.6 Å². The molecule has 4 N–H and O–H groups in total. The first-order valence-corrected chi connectivity index (χ1v) is 12.2. The first kappa shape index (κ1) is 24.0. The maximum Gasteiger partial charge on any atom is 0.113 e. The number of pyridine rings is 1. The van der Waals surface area contributed by atoms with E-state index in [0.717, 1.165) is 40.9 Å². The Labute approximate surface area is 216 Å². The molecule has 0 atom stereocenters. The van der Waals surface area contributed by atoms with Gasteiger partial charge in [0.1, 0.15) is 5.69 Å². The minimum absolute atomic E-state index is 0.550. The number of hydrazine groups is 1. The van der Waals surface area contributed by atoms with Gasteiger partial charge in [-0.3, -0.25) is 9.67 Å². The van der Waals surface area contributed by atoms with Crippen LogP contribution in [0.4, 0.5) is 0 Å². The Morgan fingerprint density at radius 1 is 0.838 bits per heavy atom. The van der Waals surface area contributed by atoms with Crippen molar-refractivity contribution in [1.29, 1.82) is 0 Å². The summed E-state index contributed by atoms with van der Waals surface area (Å²) in [5.41, 5.74) is 14.1. The molecule has 5 aromatic rings. The summed E-state index contributed by atoms with van der Waals surface area (Å²) in [5, 5.41) is 10.4. The first-order chi connectivity index (χ1) is 18.2. The predicted octanol–water partition coefficient (Wildman–Crippen LogP) is 4.88. The average molecular weight is 488 g/mol. The highest BCUT2D eigenvalue weighted by Crippen LogP contribution is 2.30. The molecule has 0 radical (unpaired) electrons. The van der Waals surface area contributed by atoms with Gasteiger partial charge in [-0.15, -0.1) is 5.10 Å². The van der Waals surface area contributed by atoms with Gasteiger partial charge in [0.05, 0.1) is 18.4 Å². The van der Waals surface area contributed by atoms with Crippen molar-refractivity contribution in [3.63, 3.8) is 0 Å². The molecule has 2 heterocycles. The molecule has 0 amide bonds. The molecular formula is C30H29N7. The monoisotopic (exact) mass is 487 g/mol. The molecule has 0 saturated carbocycles. The van der Waals surface area contributed by atoms with E-state index in [-0.39, 0.29) is 0 Å². The van der Waals surface area contributed by atoms with E-state index in [9.17, 15) is 0 Å². The van der Waals surface area contributed by atoms with Crippen LogP contribution in [0.2, 0.25) is 0 Å². The van der Waals surface area contributed by atoms with Crippen LogP contribution in [-0.2, 0) is 19.5 Å². The molecule has 0 aliphatic rings. The van der Waals surface area contributed by atoms with Crippen molar-refractivity contribution in [2.75, 3.05) is 0 Å². The number of nitrogens with zero attached hydrogens (tertiary/aromatic N) is 5. The van der Waals surface area contributed by atoms with Crippen LogP contribution in [0.15, 0.2) is 116 Å². The van der Waals surface area contributed by atoms with Gasteiger partial charge in [-0.05, 0) is 40.8 Å². The third-order valence-corrected chi connectivity index (χ3v) is 6.14. The number of hydrogen-bond acceptors (Lipinski definition) is 6. The molecule has 0 aliphatic heterocycles. The molecule has 0 aliphatic carbocycles. The van der Waals surface area contributed by atoms with E-state index in [4.69, 9.17) is 11.6 Å². The van der Waals surface area contributed by atoms with Crippen molar-refractivity contribution in [2.24, 2.45) is 11.6 Å². The van der Waals surface area contributed by atoms with Crippen molar-refractivity contribution in [3.8, 4) is 22.4 Å². The zero-order valence-electron chi connectivity index (χ0n) is 20.5. The summed E-state index contributed by atoms with van der Waals surface area (Å²) in [5.74, 6) is 6.15. The highest BCUT2D eigenvalue weighted by Gasteiger charge is 2.10. The minimum atomic E-state index is 0.550. The summed E-state index contributed by atoms with van der Waals surface area (Å²) in [6, 6.07) is 30.8. The van der Waals surface area contributed by atoms with Gasteiger partial charge < -0.3 is 10.7 Å². The Morgan fingerprint density at radius 2 is 1.57 bits per heavy atom. The van der Waals surface area contributed by atoms with Crippen molar-refractivity contribution < 1.29 is 0 Å². The van der Waals surface area contributed by atoms with Gasteiger partial charge in [0.2, 0.25) is 0 Å². The summed E-state index contributed by atoms with van der Waals surface area (Å²) >= 11 is 0. The zero-order valence-corrected chi connectivity index (χ0v) is 20.5. The second-order valence-electron chi connectivity index (χ2n) is 8.84. The minimum Gasteiger partial charge on any atom is -0.397 e. The number of benzene rings is 3. The van der Waals surface area contributed by atoms with Crippen LogP contribution < -0.4 is 11.6 Å². The molecular weight excluding hydrogens is 458 g/mol. The Balaban J connectivity index is 1.19. The van der Waals surface area contributed by atoms with Crippen molar-refractivity contribution in [3.05, 3.63) is 132 Å². The van der Waals surface area contributed by atoms with Crippen LogP contribution in [0.3, 0.4) is 0 Å². The summed E-state index contributed by atoms with van der Waals surface area (Å²) in [7, 11) is 0. The fraction of sp³-hybridized carbons (Fsp3) is 0.100. The van der Waals surface area contributed by atoms with Gasteiger partial charge in [-0.25, -0.2) is 5.84 Å². The Morgan fingerprint density at radius 3 is 2.32 bits per heavy atom. The SMILES string of the molecule is N/C(=C\N(N)Cc1ccc(CCn2cc(-c3ccccc3-c3ccccc3)nn2)cc1)c1cccnc1. The van der Waals surface area contributed by atoms with Gasteiger partial charge in [0.15, 0.2) is 0 Å². The zero-order chi connectivity index (χ0) is 25.5. The molecule has 3 aromatic carbocycles. The van der Waals surface area contributed by atoms with E-state index >= 15 is 0 Å². The molecule has 37 heavy (non-hydrogen) atoms. The number of aryl methyl sites for hydroxylation is 2. The maximum atomic E-state index is 6.15. The van der Waals surface area contributed by atoms with Crippen LogP contribution in [0, 0.1) is 0 Å². The van der Waals surface area contributed by atoms with Crippen LogP contribution in [0.25, 0.3) is 28.1 Å². The van der Waals surface area contributed by atoms with Crippen molar-refractivity contribution >= 4 is 5.70 Å². The van der Waals surface area contributed by atoms with Crippen LogP contribution in [0.1, 0.15) is 16.7 Å². The molecule has 7 nitrogen and oxygen atoms in total. The molecule has 0 unspecified atom stereocenters. The molecule has 0 spiro atoms. The van der Waals surface area contributed by atoms with E-state index in [2.05, 4.69) is 69.9 Å². The fourth-order valence-electron chi connectivity index (χ4n) is 4.21. The van der Waals surface area contributed by atoms with E-state index in [1.807, 2.05) is 47.3 Å². The molecule has 0 fully saturated rings. The topological polar surface area (TPSA) is 98.9 Å². The van der Waals surface area contributed by atoms with Crippen LogP contribution >= 0.6 is 0 Å². The lowest BCUT2D eigenvalue weighted by Gasteiger charge is -2.15. The quantitative estimate of drug-likeness (QED) is 0.227. The van der Waals surface area contributed by atoms with Gasteiger partial charge in [0, 0.05) is 36.3 Å². The predicted molar refractivity (Wildman–Crippen MR) is 147 cm³/mol. The summed E-state index contributed by atoms with van der Waals surface area (Å²) in [6.45, 7) is 1.29. The molecule has 0 bridgehead atoms. The largest absolute Gasteiger partial charge is 0.397 e. The molecule has 7 heteroatoms. The highest BCUT2D eigenvalue weighted by atomic mass is 15.4. The van der Waals surface area contributed by atoms with Crippen molar-refractivity contribution in [2.45, 2.75) is 19.5 Å². The second-order valence-corrected chi connectivity index (χ2v) is 8.84. The summed E-state index contributed by atoms with van der Waals surface area (Å²) in [4.78, 5) is 4.09. The third-order valence-electron chi connectivity index (χ3n) is 6.14. The molecule has 5 rings (SSSR count). The van der Waals surface area contributed by atoms with Gasteiger partial charge >= 0.3 is 0 Å². The smallest absolute Gasteiger partial charge is 0.113 e. The van der Waals surface area contributed by atoms with Crippen LogP contribution in [-0.4, -0.2) is 25.0 Å².